The molecule has 6 heteroatoms. The topological polar surface area (TPSA) is 73.5 Å². The lowest BCUT2D eigenvalue weighted by atomic mass is 9.96. The van der Waals surface area contributed by atoms with Gasteiger partial charge in [-0.25, -0.2) is 4.79 Å². The molecule has 32 heavy (non-hydrogen) atoms. The predicted molar refractivity (Wildman–Crippen MR) is 129 cm³/mol. The molecule has 3 N–H and O–H groups in total. The summed E-state index contributed by atoms with van der Waals surface area (Å²) in [5.41, 5.74) is 4.65. The molecule has 2 aliphatic rings. The third kappa shape index (κ3) is 6.02. The summed E-state index contributed by atoms with van der Waals surface area (Å²) in [4.78, 5) is 26.9. The first kappa shape index (κ1) is 22.2. The number of para-hydroxylation sites is 2. The summed E-state index contributed by atoms with van der Waals surface area (Å²) in [6.45, 7) is 2.27. The molecular weight excluding hydrogens is 400 g/mol. The van der Waals surface area contributed by atoms with Crippen LogP contribution in [-0.4, -0.2) is 31.1 Å². The average Bonchev–Trinajstić information content (AvgIpc) is 3.22. The van der Waals surface area contributed by atoms with Gasteiger partial charge in [-0.15, -0.1) is 0 Å². The lowest BCUT2D eigenvalue weighted by molar-refractivity contribution is -0.116. The van der Waals surface area contributed by atoms with E-state index < -0.39 is 0 Å². The largest absolute Gasteiger partial charge is 0.367 e. The standard InChI is InChI=1S/C26H34N4O2/c31-25(15-8-17-27-26(32)28-22-11-2-1-3-12-22)29-23-13-6-4-10-21(23)19-30-18-16-20-9-5-7-14-24(20)30/h4-7,9-10,13-14,22H,1-3,8,11-12,15-19H2,(H,29,31)(H2,27,28,32). The fourth-order valence-electron chi connectivity index (χ4n) is 4.70. The molecule has 3 amide bonds. The lowest BCUT2D eigenvalue weighted by Crippen LogP contribution is -2.43. The van der Waals surface area contributed by atoms with Crippen molar-refractivity contribution in [3.05, 3.63) is 59.7 Å². The Hall–Kier alpha value is -3.02. The number of hydrogen-bond donors (Lipinski definition) is 3. The first-order valence-electron chi connectivity index (χ1n) is 11.9. The van der Waals surface area contributed by atoms with Crippen molar-refractivity contribution < 1.29 is 9.59 Å². The Kier molecular flexibility index (Phi) is 7.64. The van der Waals surface area contributed by atoms with E-state index in [1.807, 2.05) is 18.2 Å². The van der Waals surface area contributed by atoms with E-state index in [-0.39, 0.29) is 11.9 Å². The molecule has 2 aromatic carbocycles. The normalized spacial score (nSPS) is 15.8. The highest BCUT2D eigenvalue weighted by Crippen LogP contribution is 2.30. The molecular formula is C26H34N4O2. The van der Waals surface area contributed by atoms with Crippen molar-refractivity contribution in [2.45, 2.75) is 64.0 Å². The van der Waals surface area contributed by atoms with Gasteiger partial charge in [-0.1, -0.05) is 55.7 Å². The van der Waals surface area contributed by atoms with Gasteiger partial charge in [-0.05, 0) is 48.9 Å². The first-order chi connectivity index (χ1) is 15.7. The van der Waals surface area contributed by atoms with Crippen LogP contribution in [0.25, 0.3) is 0 Å². The number of nitrogens with zero attached hydrogens (tertiary/aromatic N) is 1. The fraction of sp³-hybridized carbons (Fsp3) is 0.462. The van der Waals surface area contributed by atoms with Crippen molar-refractivity contribution in [3.63, 3.8) is 0 Å². The third-order valence-electron chi connectivity index (χ3n) is 6.44. The number of carbonyl (C=O) groups excluding carboxylic acids is 2. The number of amides is 3. The molecule has 4 rings (SSSR count). The van der Waals surface area contributed by atoms with Crippen LogP contribution in [-0.2, 0) is 17.8 Å². The van der Waals surface area contributed by atoms with Crippen LogP contribution in [0.3, 0.4) is 0 Å². The summed E-state index contributed by atoms with van der Waals surface area (Å²) in [6.07, 6.45) is 7.84. The maximum atomic E-state index is 12.5. The molecule has 0 radical (unpaired) electrons. The summed E-state index contributed by atoms with van der Waals surface area (Å²) in [5.74, 6) is -0.0197. The van der Waals surface area contributed by atoms with Crippen molar-refractivity contribution >= 4 is 23.3 Å². The second kappa shape index (κ2) is 11.0. The van der Waals surface area contributed by atoms with Gasteiger partial charge in [0.15, 0.2) is 0 Å². The highest BCUT2D eigenvalue weighted by Gasteiger charge is 2.19. The van der Waals surface area contributed by atoms with E-state index in [4.69, 9.17) is 0 Å². The van der Waals surface area contributed by atoms with Crippen molar-refractivity contribution in [3.8, 4) is 0 Å². The number of benzene rings is 2. The molecule has 0 aromatic heterocycles. The number of anilines is 2. The maximum absolute atomic E-state index is 12.5. The van der Waals surface area contributed by atoms with E-state index in [0.29, 0.717) is 25.4 Å². The van der Waals surface area contributed by atoms with Gasteiger partial charge < -0.3 is 20.9 Å². The molecule has 1 aliphatic heterocycles. The zero-order valence-electron chi connectivity index (χ0n) is 18.7. The quantitative estimate of drug-likeness (QED) is 0.532. The summed E-state index contributed by atoms with van der Waals surface area (Å²) in [5, 5.41) is 8.99. The van der Waals surface area contributed by atoms with E-state index in [0.717, 1.165) is 43.6 Å². The SMILES string of the molecule is O=C(CCCNC(=O)NC1CCCCC1)Nc1ccccc1CN1CCc2ccccc21. The summed E-state index contributed by atoms with van der Waals surface area (Å²) in [7, 11) is 0. The van der Waals surface area contributed by atoms with Gasteiger partial charge in [0.05, 0.1) is 0 Å². The Bertz CT molecular complexity index is 924. The molecule has 1 aliphatic carbocycles. The molecule has 6 nitrogen and oxygen atoms in total. The van der Waals surface area contributed by atoms with Crippen LogP contribution in [0.15, 0.2) is 48.5 Å². The first-order valence-corrected chi connectivity index (χ1v) is 11.9. The molecule has 0 unspecified atom stereocenters. The van der Waals surface area contributed by atoms with Crippen molar-refractivity contribution in [2.24, 2.45) is 0 Å². The van der Waals surface area contributed by atoms with E-state index in [2.05, 4.69) is 51.2 Å². The van der Waals surface area contributed by atoms with E-state index >= 15 is 0 Å². The minimum Gasteiger partial charge on any atom is -0.367 e. The monoisotopic (exact) mass is 434 g/mol. The van der Waals surface area contributed by atoms with E-state index in [9.17, 15) is 9.59 Å². The Morgan fingerprint density at radius 1 is 0.969 bits per heavy atom. The minimum absolute atomic E-state index is 0.0197. The van der Waals surface area contributed by atoms with Crippen LogP contribution in [0.1, 0.15) is 56.1 Å². The van der Waals surface area contributed by atoms with Crippen molar-refractivity contribution in [1.29, 1.82) is 0 Å². The molecule has 170 valence electrons. The molecule has 1 saturated carbocycles. The van der Waals surface area contributed by atoms with Crippen LogP contribution in [0.5, 0.6) is 0 Å². The number of nitrogens with one attached hydrogen (secondary N) is 3. The highest BCUT2D eigenvalue weighted by molar-refractivity contribution is 5.91. The average molecular weight is 435 g/mol. The van der Waals surface area contributed by atoms with Gasteiger partial charge in [0.1, 0.15) is 0 Å². The Labute approximate surface area is 190 Å². The van der Waals surface area contributed by atoms with Crippen LogP contribution in [0.2, 0.25) is 0 Å². The van der Waals surface area contributed by atoms with Gasteiger partial charge in [0.2, 0.25) is 5.91 Å². The predicted octanol–water partition coefficient (Wildman–Crippen LogP) is 4.60. The molecule has 1 fully saturated rings. The van der Waals surface area contributed by atoms with Crippen LogP contribution in [0.4, 0.5) is 16.2 Å². The Balaban J connectivity index is 1.21. The van der Waals surface area contributed by atoms with Gasteiger partial charge >= 0.3 is 6.03 Å². The minimum atomic E-state index is -0.117. The third-order valence-corrected chi connectivity index (χ3v) is 6.44. The second-order valence-electron chi connectivity index (χ2n) is 8.84. The number of urea groups is 1. The van der Waals surface area contributed by atoms with E-state index in [1.165, 1.54) is 30.5 Å². The fourth-order valence-corrected chi connectivity index (χ4v) is 4.70. The van der Waals surface area contributed by atoms with Gasteiger partial charge in [-0.2, -0.15) is 0 Å². The molecule has 0 bridgehead atoms. The van der Waals surface area contributed by atoms with Crippen molar-refractivity contribution in [2.75, 3.05) is 23.3 Å². The van der Waals surface area contributed by atoms with Gasteiger partial charge in [-0.3, -0.25) is 4.79 Å². The number of hydrogen-bond acceptors (Lipinski definition) is 3. The molecule has 1 heterocycles. The number of rotatable bonds is 8. The van der Waals surface area contributed by atoms with Crippen molar-refractivity contribution in [1.82, 2.24) is 10.6 Å². The molecule has 0 atom stereocenters. The zero-order chi connectivity index (χ0) is 22.2. The van der Waals surface area contributed by atoms with Crippen LogP contribution >= 0.6 is 0 Å². The van der Waals surface area contributed by atoms with E-state index in [1.54, 1.807) is 0 Å². The maximum Gasteiger partial charge on any atom is 0.315 e. The van der Waals surface area contributed by atoms with Crippen LogP contribution in [0, 0.1) is 0 Å². The highest BCUT2D eigenvalue weighted by atomic mass is 16.2. The summed E-state index contributed by atoms with van der Waals surface area (Å²) < 4.78 is 0. The Morgan fingerprint density at radius 2 is 1.75 bits per heavy atom. The van der Waals surface area contributed by atoms with Crippen LogP contribution < -0.4 is 20.9 Å². The Morgan fingerprint density at radius 3 is 2.62 bits per heavy atom. The number of fused-ring (bicyclic) bond motifs is 1. The molecule has 2 aromatic rings. The second-order valence-corrected chi connectivity index (χ2v) is 8.84. The summed E-state index contributed by atoms with van der Waals surface area (Å²) in [6, 6.07) is 16.7. The molecule has 0 saturated heterocycles. The summed E-state index contributed by atoms with van der Waals surface area (Å²) >= 11 is 0. The van der Waals surface area contributed by atoms with Gasteiger partial charge in [0, 0.05) is 43.5 Å². The number of carbonyl (C=O) groups is 2. The smallest absolute Gasteiger partial charge is 0.315 e. The van der Waals surface area contributed by atoms with Gasteiger partial charge in [0.25, 0.3) is 0 Å². The lowest BCUT2D eigenvalue weighted by Gasteiger charge is -2.22. The zero-order valence-corrected chi connectivity index (χ0v) is 18.7. The molecule has 0 spiro atoms.